The Balaban J connectivity index is 1.86. The predicted molar refractivity (Wildman–Crippen MR) is 101 cm³/mol. The molecule has 0 saturated heterocycles. The van der Waals surface area contributed by atoms with Crippen molar-refractivity contribution in [2.75, 3.05) is 7.11 Å². The summed E-state index contributed by atoms with van der Waals surface area (Å²) in [4.78, 5) is 0. The molecule has 2 heterocycles. The summed E-state index contributed by atoms with van der Waals surface area (Å²) in [5.74, 6) is -0.0497. The molecule has 1 atom stereocenters. The van der Waals surface area contributed by atoms with Gasteiger partial charge < -0.3 is 15.2 Å². The lowest BCUT2D eigenvalue weighted by atomic mass is 9.83. The Hall–Kier alpha value is -3.93. The highest BCUT2D eigenvalue weighted by Crippen LogP contribution is 2.46. The van der Waals surface area contributed by atoms with Crippen LogP contribution in [0.4, 0.5) is 13.2 Å². The number of nitrogens with zero attached hydrogens (tertiary/aromatic N) is 2. The van der Waals surface area contributed by atoms with Crippen LogP contribution >= 0.6 is 0 Å². The van der Waals surface area contributed by atoms with E-state index in [1.165, 1.54) is 12.1 Å². The molecule has 30 heavy (non-hydrogen) atoms. The Kier molecular flexibility index (Phi) is 4.62. The quantitative estimate of drug-likeness (QED) is 0.668. The zero-order valence-corrected chi connectivity index (χ0v) is 15.6. The maximum Gasteiger partial charge on any atom is 0.416 e. The first-order valence-electron chi connectivity index (χ1n) is 8.81. The molecule has 0 amide bonds. The van der Waals surface area contributed by atoms with Crippen molar-refractivity contribution < 1.29 is 22.6 Å². The van der Waals surface area contributed by atoms with Gasteiger partial charge in [0.2, 0.25) is 11.8 Å². The number of nitriles is 1. The fourth-order valence-electron chi connectivity index (χ4n) is 3.42. The van der Waals surface area contributed by atoms with Gasteiger partial charge in [0.15, 0.2) is 0 Å². The van der Waals surface area contributed by atoms with E-state index in [2.05, 4.69) is 10.2 Å². The largest absolute Gasteiger partial charge is 0.497 e. The summed E-state index contributed by atoms with van der Waals surface area (Å²) in [5, 5.41) is 16.7. The number of aromatic nitrogens is 2. The Bertz CT molecular complexity index is 1160. The molecular weight excluding hydrogens is 397 g/mol. The molecule has 152 valence electrons. The van der Waals surface area contributed by atoms with Gasteiger partial charge in [0.25, 0.3) is 0 Å². The van der Waals surface area contributed by atoms with E-state index in [4.69, 9.17) is 15.2 Å². The zero-order valence-electron chi connectivity index (χ0n) is 15.6. The Morgan fingerprint density at radius 3 is 2.37 bits per heavy atom. The number of nitrogens with two attached hydrogens (primary N) is 1. The van der Waals surface area contributed by atoms with Crippen molar-refractivity contribution in [3.05, 3.63) is 76.7 Å². The van der Waals surface area contributed by atoms with Crippen LogP contribution in [0.2, 0.25) is 0 Å². The predicted octanol–water partition coefficient (Wildman–Crippen LogP) is 4.32. The number of hydrogen-bond donors (Lipinski definition) is 2. The first-order chi connectivity index (χ1) is 14.3. The van der Waals surface area contributed by atoms with Gasteiger partial charge in [-0.25, -0.2) is 0 Å². The highest BCUT2D eigenvalue weighted by atomic mass is 19.4. The number of aromatic amines is 1. The van der Waals surface area contributed by atoms with Gasteiger partial charge in [-0.3, -0.25) is 5.10 Å². The van der Waals surface area contributed by atoms with E-state index in [0.717, 1.165) is 17.7 Å². The minimum absolute atomic E-state index is 0.0958. The van der Waals surface area contributed by atoms with Gasteiger partial charge in [0, 0.05) is 5.56 Å². The number of H-pyrrole nitrogens is 1. The van der Waals surface area contributed by atoms with Crippen LogP contribution in [0.1, 0.15) is 22.6 Å². The normalized spacial score (nSPS) is 15.9. The van der Waals surface area contributed by atoms with Crippen LogP contribution in [0.3, 0.4) is 0 Å². The van der Waals surface area contributed by atoms with Crippen molar-refractivity contribution in [3.8, 4) is 29.0 Å². The topological polar surface area (TPSA) is 97.0 Å². The molecular formula is C21H15F3N4O2. The fraction of sp³-hybridized carbons (Fsp3) is 0.143. The Labute approximate surface area is 169 Å². The molecule has 0 radical (unpaired) electrons. The number of nitrogens with one attached hydrogen (secondary N) is 1. The first-order valence-corrected chi connectivity index (χ1v) is 8.81. The molecule has 3 N–H and O–H groups in total. The molecule has 1 aliphatic heterocycles. The third-order valence-electron chi connectivity index (χ3n) is 4.89. The average Bonchev–Trinajstić information content (AvgIpc) is 3.15. The van der Waals surface area contributed by atoms with Crippen molar-refractivity contribution in [1.29, 1.82) is 5.26 Å². The van der Waals surface area contributed by atoms with E-state index < -0.39 is 17.7 Å². The molecule has 9 heteroatoms. The van der Waals surface area contributed by atoms with Crippen LogP contribution in [0.15, 0.2) is 60.0 Å². The van der Waals surface area contributed by atoms with Gasteiger partial charge in [-0.1, -0.05) is 12.1 Å². The molecule has 3 aromatic rings. The van der Waals surface area contributed by atoms with Crippen LogP contribution < -0.4 is 15.2 Å². The molecule has 6 nitrogen and oxygen atoms in total. The van der Waals surface area contributed by atoms with E-state index in [-0.39, 0.29) is 17.3 Å². The van der Waals surface area contributed by atoms with Gasteiger partial charge in [0.1, 0.15) is 17.4 Å². The van der Waals surface area contributed by atoms with Crippen molar-refractivity contribution in [1.82, 2.24) is 10.2 Å². The lowest BCUT2D eigenvalue weighted by molar-refractivity contribution is -0.137. The summed E-state index contributed by atoms with van der Waals surface area (Å²) in [7, 11) is 1.55. The van der Waals surface area contributed by atoms with E-state index >= 15 is 0 Å². The number of alkyl halides is 3. The number of allylic oxidation sites excluding steroid dienone is 1. The second kappa shape index (κ2) is 7.15. The molecule has 0 aliphatic carbocycles. The van der Waals surface area contributed by atoms with Gasteiger partial charge in [-0.2, -0.15) is 18.4 Å². The van der Waals surface area contributed by atoms with Crippen molar-refractivity contribution in [2.24, 2.45) is 5.73 Å². The average molecular weight is 412 g/mol. The van der Waals surface area contributed by atoms with Crippen LogP contribution in [-0.4, -0.2) is 17.3 Å². The van der Waals surface area contributed by atoms with Gasteiger partial charge in [0.05, 0.1) is 29.8 Å². The molecule has 2 aromatic carbocycles. The summed E-state index contributed by atoms with van der Waals surface area (Å²) in [6.07, 6.45) is -4.46. The second-order valence-electron chi connectivity index (χ2n) is 6.59. The highest BCUT2D eigenvalue weighted by Gasteiger charge is 2.36. The van der Waals surface area contributed by atoms with Crippen LogP contribution in [0.25, 0.3) is 11.3 Å². The monoisotopic (exact) mass is 412 g/mol. The lowest BCUT2D eigenvalue weighted by Gasteiger charge is -2.24. The standard InChI is InChI=1S/C21H15F3N4O2/c1-29-14-8-4-12(5-9-14)18-17-16(11-2-6-13(7-3-11)21(22,23)24)15(10-25)19(26)30-20(17)28-27-18/h2-9,16H,26H2,1H3,(H,27,28). The number of methoxy groups -OCH3 is 1. The molecule has 4 rings (SSSR count). The van der Waals surface area contributed by atoms with E-state index in [9.17, 15) is 18.4 Å². The third kappa shape index (κ3) is 3.22. The fourth-order valence-corrected chi connectivity index (χ4v) is 3.42. The minimum Gasteiger partial charge on any atom is -0.497 e. The molecule has 0 saturated carbocycles. The number of halogens is 3. The molecule has 0 spiro atoms. The molecule has 1 aliphatic rings. The summed E-state index contributed by atoms with van der Waals surface area (Å²) >= 11 is 0. The smallest absolute Gasteiger partial charge is 0.416 e. The third-order valence-corrected chi connectivity index (χ3v) is 4.89. The molecule has 1 unspecified atom stereocenters. The van der Waals surface area contributed by atoms with Gasteiger partial charge >= 0.3 is 6.18 Å². The van der Waals surface area contributed by atoms with Crippen molar-refractivity contribution in [2.45, 2.75) is 12.1 Å². The van der Waals surface area contributed by atoms with Crippen LogP contribution in [-0.2, 0) is 6.18 Å². The Morgan fingerprint density at radius 2 is 1.80 bits per heavy atom. The summed E-state index contributed by atoms with van der Waals surface area (Å²) in [5.41, 5.74) is 7.50. The maximum absolute atomic E-state index is 13.0. The summed E-state index contributed by atoms with van der Waals surface area (Å²) < 4.78 is 49.6. The van der Waals surface area contributed by atoms with E-state index in [1.807, 2.05) is 6.07 Å². The summed E-state index contributed by atoms with van der Waals surface area (Å²) in [6, 6.07) is 13.7. The first kappa shape index (κ1) is 19.4. The number of rotatable bonds is 3. The summed E-state index contributed by atoms with van der Waals surface area (Å²) in [6.45, 7) is 0. The van der Waals surface area contributed by atoms with Crippen molar-refractivity contribution >= 4 is 0 Å². The number of benzene rings is 2. The molecule has 1 aromatic heterocycles. The lowest BCUT2D eigenvalue weighted by Crippen LogP contribution is -2.21. The van der Waals surface area contributed by atoms with E-state index in [1.54, 1.807) is 31.4 Å². The SMILES string of the molecule is COc1ccc(-c2[nH]nc3c2C(c2ccc(C(F)(F)F)cc2)C(C#N)=C(N)O3)cc1. The molecule has 0 bridgehead atoms. The minimum atomic E-state index is -4.46. The zero-order chi connectivity index (χ0) is 21.5. The van der Waals surface area contributed by atoms with Gasteiger partial charge in [-0.15, -0.1) is 5.10 Å². The van der Waals surface area contributed by atoms with Crippen molar-refractivity contribution in [3.63, 3.8) is 0 Å². The highest BCUT2D eigenvalue weighted by molar-refractivity contribution is 5.71. The van der Waals surface area contributed by atoms with E-state index in [0.29, 0.717) is 22.6 Å². The second-order valence-corrected chi connectivity index (χ2v) is 6.59. The van der Waals surface area contributed by atoms with Crippen LogP contribution in [0.5, 0.6) is 11.6 Å². The molecule has 0 fully saturated rings. The maximum atomic E-state index is 13.0. The Morgan fingerprint density at radius 1 is 1.13 bits per heavy atom. The number of fused-ring (bicyclic) bond motifs is 1. The van der Waals surface area contributed by atoms with Crippen LogP contribution in [0, 0.1) is 11.3 Å². The van der Waals surface area contributed by atoms with Gasteiger partial charge in [-0.05, 0) is 42.0 Å². The number of ether oxygens (including phenoxy) is 2. The number of hydrogen-bond acceptors (Lipinski definition) is 5.